The lowest BCUT2D eigenvalue weighted by molar-refractivity contribution is -0.730. The number of anilines is 2. The molecule has 3 N–H and O–H groups in total. The van der Waals surface area contributed by atoms with Gasteiger partial charge in [0.2, 0.25) is 5.91 Å². The standard InChI is InChI=1S/C21H19N7O3S/c1-10-5-6-13(7-11(10)2)25-19(29)12(3)32-20-15(9-23)16(14(8-22)18(24)26-20)17-21(30)31-27-28(17)4/h5-7,12H,1-4H3,(H3-,24,25,26,27,29,30). The number of thioether (sulfide) groups is 1. The second-order valence-electron chi connectivity index (χ2n) is 7.03. The molecule has 2 aromatic heterocycles. The Kier molecular flexibility index (Phi) is 6.32. The number of rotatable bonds is 5. The summed E-state index contributed by atoms with van der Waals surface area (Å²) < 4.78 is 5.75. The van der Waals surface area contributed by atoms with Crippen LogP contribution in [0.3, 0.4) is 0 Å². The van der Waals surface area contributed by atoms with E-state index in [9.17, 15) is 20.4 Å². The minimum Gasteiger partial charge on any atom is -0.539 e. The maximum Gasteiger partial charge on any atom is 0.266 e. The fraction of sp³-hybridized carbons (Fsp3) is 0.238. The molecule has 0 bridgehead atoms. The second kappa shape index (κ2) is 8.96. The molecule has 2 heterocycles. The van der Waals surface area contributed by atoms with Gasteiger partial charge in [-0.15, -0.1) is 0 Å². The molecule has 10 nitrogen and oxygen atoms in total. The quantitative estimate of drug-likeness (QED) is 0.435. The van der Waals surface area contributed by atoms with E-state index in [1.54, 1.807) is 13.0 Å². The van der Waals surface area contributed by atoms with Crippen molar-refractivity contribution in [3.63, 3.8) is 0 Å². The fourth-order valence-corrected chi connectivity index (χ4v) is 3.90. The third-order valence-corrected chi connectivity index (χ3v) is 5.93. The third kappa shape index (κ3) is 4.19. The van der Waals surface area contributed by atoms with Crippen molar-refractivity contribution in [1.82, 2.24) is 10.3 Å². The second-order valence-corrected chi connectivity index (χ2v) is 8.36. The molecular weight excluding hydrogens is 430 g/mol. The number of pyridine rings is 1. The van der Waals surface area contributed by atoms with Gasteiger partial charge in [-0.2, -0.15) is 10.5 Å². The summed E-state index contributed by atoms with van der Waals surface area (Å²) in [5, 5.41) is 37.4. The largest absolute Gasteiger partial charge is 0.539 e. The molecule has 0 aliphatic rings. The van der Waals surface area contributed by atoms with E-state index < -0.39 is 11.2 Å². The first kappa shape index (κ1) is 22.6. The van der Waals surface area contributed by atoms with Crippen LogP contribution in [0.4, 0.5) is 11.5 Å². The SMILES string of the molecule is Cc1ccc(NC(=O)C(C)Sc2nc(N)c(C#N)c(-c3c([O-])on[n+]3C)c2C#N)cc1C. The highest BCUT2D eigenvalue weighted by molar-refractivity contribution is 8.00. The van der Waals surface area contributed by atoms with E-state index in [1.165, 1.54) is 7.05 Å². The first-order valence-corrected chi connectivity index (χ1v) is 10.3. The average molecular weight is 449 g/mol. The molecule has 32 heavy (non-hydrogen) atoms. The van der Waals surface area contributed by atoms with Crippen LogP contribution in [-0.4, -0.2) is 21.4 Å². The van der Waals surface area contributed by atoms with Gasteiger partial charge in [0, 0.05) is 5.69 Å². The predicted molar refractivity (Wildman–Crippen MR) is 114 cm³/mol. The van der Waals surface area contributed by atoms with Crippen molar-refractivity contribution < 1.29 is 19.1 Å². The number of nitrogens with one attached hydrogen (secondary N) is 1. The molecule has 0 saturated heterocycles. The molecular formula is C21H19N7O3S. The van der Waals surface area contributed by atoms with Gasteiger partial charge in [0.15, 0.2) is 13.0 Å². The van der Waals surface area contributed by atoms with Gasteiger partial charge in [-0.05, 0) is 44.0 Å². The van der Waals surface area contributed by atoms with Crippen molar-refractivity contribution in [3.05, 3.63) is 40.5 Å². The number of carbonyl (C=O) groups is 1. The maximum atomic E-state index is 12.7. The monoisotopic (exact) mass is 449 g/mol. The Morgan fingerprint density at radius 3 is 2.53 bits per heavy atom. The minimum absolute atomic E-state index is 0.0273. The zero-order valence-corrected chi connectivity index (χ0v) is 18.6. The summed E-state index contributed by atoms with van der Waals surface area (Å²) in [6, 6.07) is 9.43. The van der Waals surface area contributed by atoms with E-state index in [-0.39, 0.29) is 39.1 Å². The number of carbonyl (C=O) groups excluding carboxylic acids is 1. The summed E-state index contributed by atoms with van der Waals surface area (Å²) in [5.74, 6) is -1.32. The summed E-state index contributed by atoms with van der Waals surface area (Å²) in [6.45, 7) is 5.57. The summed E-state index contributed by atoms with van der Waals surface area (Å²) in [7, 11) is 1.44. The molecule has 1 atom stereocenters. The normalized spacial score (nSPS) is 11.4. The van der Waals surface area contributed by atoms with Crippen LogP contribution >= 0.6 is 11.8 Å². The number of nitrogens with zero attached hydrogens (tertiary/aromatic N) is 5. The predicted octanol–water partition coefficient (Wildman–Crippen LogP) is 1.70. The highest BCUT2D eigenvalue weighted by Gasteiger charge is 2.30. The Balaban J connectivity index is 1.99. The molecule has 0 spiro atoms. The van der Waals surface area contributed by atoms with E-state index >= 15 is 0 Å². The zero-order valence-electron chi connectivity index (χ0n) is 17.8. The van der Waals surface area contributed by atoms with Crippen LogP contribution in [0, 0.1) is 36.5 Å². The van der Waals surface area contributed by atoms with E-state index in [4.69, 9.17) is 5.73 Å². The molecule has 3 rings (SSSR count). The summed E-state index contributed by atoms with van der Waals surface area (Å²) in [6.07, 6.45) is 0. The van der Waals surface area contributed by atoms with Crippen LogP contribution in [0.1, 0.15) is 29.2 Å². The van der Waals surface area contributed by atoms with Gasteiger partial charge in [0.05, 0.1) is 21.6 Å². The van der Waals surface area contributed by atoms with Crippen LogP contribution in [-0.2, 0) is 11.8 Å². The molecule has 0 fully saturated rings. The van der Waals surface area contributed by atoms with Gasteiger partial charge in [-0.3, -0.25) is 4.79 Å². The lowest BCUT2D eigenvalue weighted by atomic mass is 10.0. The van der Waals surface area contributed by atoms with Gasteiger partial charge < -0.3 is 20.7 Å². The summed E-state index contributed by atoms with van der Waals surface area (Å²) in [4.78, 5) is 16.9. The van der Waals surface area contributed by atoms with Crippen molar-refractivity contribution in [1.29, 1.82) is 10.5 Å². The van der Waals surface area contributed by atoms with Crippen LogP contribution in [0.5, 0.6) is 5.95 Å². The topological polar surface area (TPSA) is 169 Å². The third-order valence-electron chi connectivity index (χ3n) is 4.85. The van der Waals surface area contributed by atoms with Crippen molar-refractivity contribution in [2.24, 2.45) is 7.05 Å². The smallest absolute Gasteiger partial charge is 0.266 e. The number of benzene rings is 1. The van der Waals surface area contributed by atoms with Crippen LogP contribution < -0.4 is 20.8 Å². The molecule has 1 aromatic carbocycles. The van der Waals surface area contributed by atoms with Crippen LogP contribution in [0.25, 0.3) is 11.3 Å². The fourth-order valence-electron chi connectivity index (χ4n) is 2.98. The van der Waals surface area contributed by atoms with E-state index in [0.29, 0.717) is 5.69 Å². The van der Waals surface area contributed by atoms with Crippen molar-refractivity contribution in [2.75, 3.05) is 11.1 Å². The molecule has 1 amide bonds. The molecule has 0 aliphatic heterocycles. The van der Waals surface area contributed by atoms with Gasteiger partial charge in [-0.1, -0.05) is 22.5 Å². The first-order chi connectivity index (χ1) is 15.2. The van der Waals surface area contributed by atoms with Gasteiger partial charge in [0.25, 0.3) is 5.69 Å². The Labute approximate surface area is 188 Å². The Morgan fingerprint density at radius 1 is 1.28 bits per heavy atom. The minimum atomic E-state index is -0.831. The van der Waals surface area contributed by atoms with Crippen molar-refractivity contribution in [3.8, 4) is 29.3 Å². The lowest BCUT2D eigenvalue weighted by Gasteiger charge is -2.15. The number of nitriles is 2. The Hall–Kier alpha value is -4.09. The zero-order chi connectivity index (χ0) is 23.6. The average Bonchev–Trinajstić information content (AvgIpc) is 3.08. The van der Waals surface area contributed by atoms with E-state index in [1.807, 2.05) is 38.1 Å². The molecule has 0 radical (unpaired) electrons. The number of hydrogen-bond donors (Lipinski definition) is 2. The number of aryl methyl sites for hydroxylation is 3. The van der Waals surface area contributed by atoms with E-state index in [0.717, 1.165) is 27.6 Å². The molecule has 0 saturated carbocycles. The number of nitrogen functional groups attached to an aromatic ring is 1. The summed E-state index contributed by atoms with van der Waals surface area (Å²) >= 11 is 0.989. The highest BCUT2D eigenvalue weighted by atomic mass is 32.2. The Bertz CT molecular complexity index is 1280. The molecule has 0 aliphatic carbocycles. The van der Waals surface area contributed by atoms with Gasteiger partial charge in [0.1, 0.15) is 28.5 Å². The molecule has 3 aromatic rings. The highest BCUT2D eigenvalue weighted by Crippen LogP contribution is 2.38. The Morgan fingerprint density at radius 2 is 1.97 bits per heavy atom. The van der Waals surface area contributed by atoms with Crippen LogP contribution in [0.15, 0.2) is 27.7 Å². The van der Waals surface area contributed by atoms with Crippen LogP contribution in [0.2, 0.25) is 0 Å². The molecule has 1 unspecified atom stereocenters. The van der Waals surface area contributed by atoms with Crippen molar-refractivity contribution >= 4 is 29.2 Å². The number of aromatic nitrogens is 3. The lowest BCUT2D eigenvalue weighted by Crippen LogP contribution is -2.32. The summed E-state index contributed by atoms with van der Waals surface area (Å²) in [5.41, 5.74) is 8.39. The maximum absolute atomic E-state index is 12.7. The number of hydrogen-bond acceptors (Lipinski definition) is 9. The van der Waals surface area contributed by atoms with Gasteiger partial charge in [-0.25, -0.2) is 4.98 Å². The number of amides is 1. The number of nitrogens with two attached hydrogens (primary N) is 1. The molecule has 11 heteroatoms. The van der Waals surface area contributed by atoms with Crippen molar-refractivity contribution in [2.45, 2.75) is 31.0 Å². The first-order valence-electron chi connectivity index (χ1n) is 9.39. The van der Waals surface area contributed by atoms with E-state index in [2.05, 4.69) is 20.1 Å². The van der Waals surface area contributed by atoms with Gasteiger partial charge >= 0.3 is 0 Å². The molecule has 162 valence electrons.